The first-order valence-electron chi connectivity index (χ1n) is 8.54. The van der Waals surface area contributed by atoms with Gasteiger partial charge in [0.15, 0.2) is 0 Å². The molecule has 0 radical (unpaired) electrons. The van der Waals surface area contributed by atoms with Crippen molar-refractivity contribution in [1.29, 1.82) is 0 Å². The Hall–Kier alpha value is -1.97. The normalized spacial score (nSPS) is 15.0. The number of halogens is 1. The van der Waals surface area contributed by atoms with Crippen LogP contribution in [0, 0.1) is 6.92 Å². The van der Waals surface area contributed by atoms with Crippen molar-refractivity contribution in [3.8, 4) is 0 Å². The van der Waals surface area contributed by atoms with Gasteiger partial charge in [-0.05, 0) is 43.5 Å². The summed E-state index contributed by atoms with van der Waals surface area (Å²) in [5.41, 5.74) is 1.19. The van der Waals surface area contributed by atoms with Gasteiger partial charge in [-0.15, -0.1) is 0 Å². The van der Waals surface area contributed by atoms with Gasteiger partial charge in [0.05, 0.1) is 4.90 Å². The summed E-state index contributed by atoms with van der Waals surface area (Å²) in [5.74, 6) is -0.413. The molecule has 144 valence electrons. The summed E-state index contributed by atoms with van der Waals surface area (Å²) < 4.78 is 28.7. The molecule has 0 spiro atoms. The average Bonchev–Trinajstić information content (AvgIpc) is 3.15. The van der Waals surface area contributed by atoms with Gasteiger partial charge >= 0.3 is 0 Å². The lowest BCUT2D eigenvalue weighted by atomic mass is 10.2. The number of hydrogen-bond donors (Lipinski definition) is 1. The number of pyridine rings is 1. The monoisotopic (exact) mass is 453 g/mol. The van der Waals surface area contributed by atoms with Crippen LogP contribution in [0.15, 0.2) is 50.7 Å². The number of hydrogen-bond acceptors (Lipinski definition) is 4. The van der Waals surface area contributed by atoms with E-state index in [-0.39, 0.29) is 11.4 Å². The van der Waals surface area contributed by atoms with E-state index >= 15 is 0 Å². The largest absolute Gasteiger partial charge is 0.324 e. The van der Waals surface area contributed by atoms with Crippen LogP contribution in [0.3, 0.4) is 0 Å². The molecule has 9 heteroatoms. The fourth-order valence-electron chi connectivity index (χ4n) is 2.89. The van der Waals surface area contributed by atoms with Crippen LogP contribution in [0.5, 0.6) is 0 Å². The summed E-state index contributed by atoms with van der Waals surface area (Å²) in [5, 5.41) is 2.71. The molecule has 0 atom stereocenters. The van der Waals surface area contributed by atoms with Gasteiger partial charge in [0.1, 0.15) is 6.54 Å². The van der Waals surface area contributed by atoms with E-state index in [1.54, 1.807) is 12.1 Å². The summed E-state index contributed by atoms with van der Waals surface area (Å²) in [7, 11) is -3.65. The number of amides is 1. The van der Waals surface area contributed by atoms with Gasteiger partial charge in [0.2, 0.25) is 15.9 Å². The van der Waals surface area contributed by atoms with Crippen molar-refractivity contribution < 1.29 is 13.2 Å². The zero-order chi connectivity index (χ0) is 19.6. The lowest BCUT2D eigenvalue weighted by Gasteiger charge is -2.16. The molecule has 0 saturated carbocycles. The Morgan fingerprint density at radius 1 is 1.19 bits per heavy atom. The Kier molecular flexibility index (Phi) is 5.83. The van der Waals surface area contributed by atoms with Crippen molar-refractivity contribution in [3.63, 3.8) is 0 Å². The van der Waals surface area contributed by atoms with Crippen molar-refractivity contribution in [1.82, 2.24) is 8.87 Å². The minimum Gasteiger partial charge on any atom is -0.324 e. The minimum absolute atomic E-state index is 0.0230. The summed E-state index contributed by atoms with van der Waals surface area (Å²) >= 11 is 3.40. The van der Waals surface area contributed by atoms with Gasteiger partial charge in [-0.25, -0.2) is 8.42 Å². The molecule has 1 saturated heterocycles. The van der Waals surface area contributed by atoms with E-state index in [9.17, 15) is 18.0 Å². The number of nitrogens with zero attached hydrogens (tertiary/aromatic N) is 2. The lowest BCUT2D eigenvalue weighted by molar-refractivity contribution is -0.116. The highest BCUT2D eigenvalue weighted by Gasteiger charge is 2.27. The summed E-state index contributed by atoms with van der Waals surface area (Å²) in [6, 6.07) is 7.86. The average molecular weight is 454 g/mol. The fourth-order valence-corrected chi connectivity index (χ4v) is 4.81. The predicted molar refractivity (Wildman–Crippen MR) is 106 cm³/mol. The van der Waals surface area contributed by atoms with Crippen LogP contribution < -0.4 is 10.9 Å². The summed E-state index contributed by atoms with van der Waals surface area (Å²) in [4.78, 5) is 24.4. The van der Waals surface area contributed by atoms with Crippen LogP contribution in [0.4, 0.5) is 5.69 Å². The van der Waals surface area contributed by atoms with Crippen LogP contribution in [0.25, 0.3) is 0 Å². The summed E-state index contributed by atoms with van der Waals surface area (Å²) in [6.07, 6.45) is 2.89. The predicted octanol–water partition coefficient (Wildman–Crippen LogP) is 2.34. The van der Waals surface area contributed by atoms with E-state index in [0.29, 0.717) is 18.8 Å². The molecular weight excluding hydrogens is 434 g/mol. The number of carbonyl (C=O) groups excluding carboxylic acids is 1. The lowest BCUT2D eigenvalue weighted by Crippen LogP contribution is -2.31. The second-order valence-electron chi connectivity index (χ2n) is 6.45. The van der Waals surface area contributed by atoms with Crippen LogP contribution >= 0.6 is 15.9 Å². The van der Waals surface area contributed by atoms with E-state index in [2.05, 4.69) is 21.2 Å². The van der Waals surface area contributed by atoms with E-state index in [1.807, 2.05) is 13.0 Å². The zero-order valence-corrected chi connectivity index (χ0v) is 17.2. The van der Waals surface area contributed by atoms with Crippen molar-refractivity contribution in [2.75, 3.05) is 18.4 Å². The van der Waals surface area contributed by atoms with Crippen LogP contribution in [-0.2, 0) is 21.4 Å². The van der Waals surface area contributed by atoms with E-state index in [0.717, 1.165) is 27.4 Å². The molecule has 2 aromatic rings. The number of sulfonamides is 1. The molecule has 1 aliphatic rings. The molecule has 1 aromatic heterocycles. The maximum atomic E-state index is 12.6. The third-order valence-electron chi connectivity index (χ3n) is 4.43. The zero-order valence-electron chi connectivity index (χ0n) is 14.8. The number of anilines is 1. The van der Waals surface area contributed by atoms with Crippen molar-refractivity contribution in [3.05, 3.63) is 56.9 Å². The number of carbonyl (C=O) groups is 1. The Bertz CT molecular complexity index is 1030. The van der Waals surface area contributed by atoms with Gasteiger partial charge in [-0.3, -0.25) is 9.59 Å². The summed E-state index contributed by atoms with van der Waals surface area (Å²) in [6.45, 7) is 2.61. The molecule has 1 amide bonds. The number of aromatic nitrogens is 1. The Labute approximate surface area is 166 Å². The molecule has 7 nitrogen and oxygen atoms in total. The van der Waals surface area contributed by atoms with E-state index in [4.69, 9.17) is 0 Å². The van der Waals surface area contributed by atoms with Gasteiger partial charge in [-0.2, -0.15) is 4.31 Å². The molecule has 27 heavy (non-hydrogen) atoms. The highest BCUT2D eigenvalue weighted by molar-refractivity contribution is 9.10. The van der Waals surface area contributed by atoms with Gasteiger partial charge in [0.25, 0.3) is 5.56 Å². The number of nitrogens with one attached hydrogen (secondary N) is 1. The van der Waals surface area contributed by atoms with Crippen LogP contribution in [0.2, 0.25) is 0 Å². The number of aryl methyl sites for hydroxylation is 1. The van der Waals surface area contributed by atoms with Gasteiger partial charge < -0.3 is 9.88 Å². The van der Waals surface area contributed by atoms with Crippen molar-refractivity contribution >= 4 is 37.5 Å². The molecule has 2 heterocycles. The van der Waals surface area contributed by atoms with Crippen molar-refractivity contribution in [2.45, 2.75) is 31.2 Å². The second-order valence-corrected chi connectivity index (χ2v) is 9.25. The van der Waals surface area contributed by atoms with Crippen LogP contribution in [0.1, 0.15) is 18.4 Å². The molecular formula is C18H20BrN3O4S. The number of rotatable bonds is 5. The molecule has 3 rings (SSSR count). The van der Waals surface area contributed by atoms with Gasteiger partial charge in [0, 0.05) is 35.5 Å². The topological polar surface area (TPSA) is 88.5 Å². The number of benzene rings is 1. The molecule has 1 fully saturated rings. The molecule has 0 aliphatic carbocycles. The first-order chi connectivity index (χ1) is 12.8. The highest BCUT2D eigenvalue weighted by atomic mass is 79.9. The Balaban J connectivity index is 1.79. The first kappa shape index (κ1) is 19.8. The molecule has 0 unspecified atom stereocenters. The maximum Gasteiger partial charge on any atom is 0.251 e. The third kappa shape index (κ3) is 4.48. The first-order valence-corrected chi connectivity index (χ1v) is 10.8. The smallest absolute Gasteiger partial charge is 0.251 e. The minimum atomic E-state index is -3.65. The second kappa shape index (κ2) is 7.95. The molecule has 0 bridgehead atoms. The molecule has 1 aromatic carbocycles. The fraction of sp³-hybridized carbons (Fsp3) is 0.333. The Morgan fingerprint density at radius 2 is 1.89 bits per heavy atom. The molecule has 1 N–H and O–H groups in total. The van der Waals surface area contributed by atoms with Crippen molar-refractivity contribution in [2.24, 2.45) is 0 Å². The highest BCUT2D eigenvalue weighted by Crippen LogP contribution is 2.21. The van der Waals surface area contributed by atoms with E-state index < -0.39 is 21.5 Å². The van der Waals surface area contributed by atoms with E-state index in [1.165, 1.54) is 22.6 Å². The van der Waals surface area contributed by atoms with Gasteiger partial charge in [-0.1, -0.05) is 22.0 Å². The third-order valence-corrected chi connectivity index (χ3v) is 7.17. The molecule has 1 aliphatic heterocycles. The SMILES string of the molecule is Cc1ccc(NC(=O)Cn2cc(S(=O)(=O)N3CCCC3)ccc2=O)cc1Br. The maximum absolute atomic E-state index is 12.6. The Morgan fingerprint density at radius 3 is 2.56 bits per heavy atom. The quantitative estimate of drug-likeness (QED) is 0.752. The van der Waals surface area contributed by atoms with Crippen LogP contribution in [-0.4, -0.2) is 36.3 Å². The standard InChI is InChI=1S/C18H20BrN3O4S/c1-13-4-5-14(10-16(13)19)20-17(23)12-21-11-15(6-7-18(21)24)27(25,26)22-8-2-3-9-22/h4-7,10-11H,2-3,8-9,12H2,1H3,(H,20,23).